The lowest BCUT2D eigenvalue weighted by molar-refractivity contribution is 0.0699. The van der Waals surface area contributed by atoms with Crippen LogP contribution in [0.2, 0.25) is 0 Å². The van der Waals surface area contributed by atoms with Crippen LogP contribution in [0.15, 0.2) is 30.3 Å². The third-order valence-electron chi connectivity index (χ3n) is 3.54. The molecule has 5 nitrogen and oxygen atoms in total. The van der Waals surface area contributed by atoms with Gasteiger partial charge >= 0.3 is 5.97 Å². The fourth-order valence-electron chi connectivity index (χ4n) is 2.43. The Hall–Kier alpha value is -2.60. The highest BCUT2D eigenvalue weighted by Crippen LogP contribution is 2.35. The van der Waals surface area contributed by atoms with Crippen molar-refractivity contribution in [3.63, 3.8) is 0 Å². The van der Waals surface area contributed by atoms with Gasteiger partial charge in [0.15, 0.2) is 11.5 Å². The Morgan fingerprint density at radius 1 is 1.13 bits per heavy atom. The number of nitrogens with zero attached hydrogens (tertiary/aromatic N) is 1. The van der Waals surface area contributed by atoms with Gasteiger partial charge in [-0.25, -0.2) is 9.78 Å². The van der Waals surface area contributed by atoms with Gasteiger partial charge in [-0.1, -0.05) is 0 Å². The van der Waals surface area contributed by atoms with E-state index in [-0.39, 0.29) is 5.56 Å². The Morgan fingerprint density at radius 2 is 1.83 bits per heavy atom. The minimum absolute atomic E-state index is 0.192. The molecule has 0 fully saturated rings. The predicted octanol–water partition coefficient (Wildman–Crippen LogP) is 3.99. The zero-order valence-corrected chi connectivity index (χ0v) is 13.7. The highest BCUT2D eigenvalue weighted by Gasteiger charge is 2.17. The molecule has 2 heterocycles. The predicted molar refractivity (Wildman–Crippen MR) is 89.9 cm³/mol. The lowest BCUT2D eigenvalue weighted by Crippen LogP contribution is -2.01. The molecule has 0 bridgehead atoms. The van der Waals surface area contributed by atoms with Gasteiger partial charge in [-0.2, -0.15) is 0 Å². The number of pyridine rings is 1. The summed E-state index contributed by atoms with van der Waals surface area (Å²) in [6.07, 6.45) is 0. The molecule has 6 heteroatoms. The summed E-state index contributed by atoms with van der Waals surface area (Å²) in [5.41, 5.74) is 1.39. The molecule has 1 N–H and O–H groups in total. The van der Waals surface area contributed by atoms with Gasteiger partial charge in [0.2, 0.25) is 0 Å². The minimum atomic E-state index is -1.00. The first-order valence-electron chi connectivity index (χ1n) is 6.90. The monoisotopic (exact) mass is 329 g/mol. The van der Waals surface area contributed by atoms with Gasteiger partial charge in [0, 0.05) is 16.3 Å². The number of thiophene rings is 1. The van der Waals surface area contributed by atoms with Crippen LogP contribution in [0.1, 0.15) is 15.2 Å². The van der Waals surface area contributed by atoms with Gasteiger partial charge in [0.1, 0.15) is 0 Å². The van der Waals surface area contributed by atoms with E-state index in [1.165, 1.54) is 14.2 Å². The zero-order valence-electron chi connectivity index (χ0n) is 12.9. The number of aromatic nitrogens is 1. The molecule has 23 heavy (non-hydrogen) atoms. The number of hydrogen-bond acceptors (Lipinski definition) is 5. The normalized spacial score (nSPS) is 10.7. The van der Waals surface area contributed by atoms with Gasteiger partial charge in [-0.3, -0.25) is 0 Å². The van der Waals surface area contributed by atoms with E-state index in [0.29, 0.717) is 28.1 Å². The second-order valence-corrected chi connectivity index (χ2v) is 6.28. The summed E-state index contributed by atoms with van der Waals surface area (Å²) >= 11 is 1.58. The van der Waals surface area contributed by atoms with E-state index in [1.54, 1.807) is 29.5 Å². The number of aromatic carboxylic acids is 1. The van der Waals surface area contributed by atoms with Crippen LogP contribution in [0, 0.1) is 6.92 Å². The van der Waals surface area contributed by atoms with E-state index < -0.39 is 5.97 Å². The van der Waals surface area contributed by atoms with Crippen molar-refractivity contribution in [3.05, 3.63) is 40.8 Å². The van der Waals surface area contributed by atoms with Crippen molar-refractivity contribution in [2.24, 2.45) is 0 Å². The quantitative estimate of drug-likeness (QED) is 0.784. The average molecular weight is 329 g/mol. The Balaban J connectivity index is 2.32. The van der Waals surface area contributed by atoms with Crippen molar-refractivity contribution < 1.29 is 19.4 Å². The van der Waals surface area contributed by atoms with Crippen LogP contribution in [0.5, 0.6) is 11.5 Å². The number of benzene rings is 1. The Labute approximate surface area is 137 Å². The van der Waals surface area contributed by atoms with Crippen LogP contribution >= 0.6 is 11.3 Å². The van der Waals surface area contributed by atoms with Crippen molar-refractivity contribution in [1.82, 2.24) is 4.98 Å². The lowest BCUT2D eigenvalue weighted by Gasteiger charge is -2.11. The van der Waals surface area contributed by atoms with Gasteiger partial charge in [0.05, 0.1) is 35.9 Å². The molecule has 2 aromatic heterocycles. The molecule has 3 aromatic rings. The Morgan fingerprint density at radius 3 is 2.39 bits per heavy atom. The maximum atomic E-state index is 11.7. The first-order valence-corrected chi connectivity index (χ1v) is 7.72. The second-order valence-electron chi connectivity index (χ2n) is 4.99. The third kappa shape index (κ3) is 2.73. The highest BCUT2D eigenvalue weighted by atomic mass is 32.1. The summed E-state index contributed by atoms with van der Waals surface area (Å²) in [6, 6.07) is 8.88. The smallest absolute Gasteiger partial charge is 0.336 e. The molecular formula is C17H15NO4S. The van der Waals surface area contributed by atoms with Crippen LogP contribution < -0.4 is 9.47 Å². The molecule has 0 atom stereocenters. The van der Waals surface area contributed by atoms with Gasteiger partial charge in [-0.15, -0.1) is 11.3 Å². The van der Waals surface area contributed by atoms with Crippen molar-refractivity contribution in [3.8, 4) is 22.1 Å². The zero-order chi connectivity index (χ0) is 16.6. The summed E-state index contributed by atoms with van der Waals surface area (Å²) in [5.74, 6) is -0.00786. The number of fused-ring (bicyclic) bond motifs is 1. The third-order valence-corrected chi connectivity index (χ3v) is 4.56. The molecular weight excluding hydrogens is 314 g/mol. The molecule has 0 saturated carbocycles. The number of ether oxygens (including phenoxy) is 2. The first kappa shape index (κ1) is 15.3. The maximum Gasteiger partial charge on any atom is 0.336 e. The topological polar surface area (TPSA) is 68.7 Å². The van der Waals surface area contributed by atoms with Crippen LogP contribution in [0.3, 0.4) is 0 Å². The van der Waals surface area contributed by atoms with Crippen molar-refractivity contribution in [2.45, 2.75) is 6.92 Å². The molecule has 1 aromatic carbocycles. The summed E-state index contributed by atoms with van der Waals surface area (Å²) in [4.78, 5) is 18.3. The maximum absolute atomic E-state index is 11.7. The molecule has 0 spiro atoms. The SMILES string of the molecule is COc1cc2nc(-c3ccc(C)s3)cc(C(=O)O)c2cc1OC. The van der Waals surface area contributed by atoms with Gasteiger partial charge in [-0.05, 0) is 31.2 Å². The highest BCUT2D eigenvalue weighted by molar-refractivity contribution is 7.15. The molecule has 0 aliphatic heterocycles. The molecule has 0 saturated heterocycles. The van der Waals surface area contributed by atoms with Crippen LogP contribution in [0.25, 0.3) is 21.5 Å². The number of carboxylic acids is 1. The number of aryl methyl sites for hydroxylation is 1. The van der Waals surface area contributed by atoms with Crippen molar-refractivity contribution in [1.29, 1.82) is 0 Å². The molecule has 0 amide bonds. The molecule has 0 radical (unpaired) electrons. The van der Waals surface area contributed by atoms with E-state index in [9.17, 15) is 9.90 Å². The number of hydrogen-bond donors (Lipinski definition) is 1. The summed E-state index contributed by atoms with van der Waals surface area (Å²) < 4.78 is 10.5. The largest absolute Gasteiger partial charge is 0.493 e. The molecule has 118 valence electrons. The first-order chi connectivity index (χ1) is 11.0. The van der Waals surface area contributed by atoms with Crippen molar-refractivity contribution >= 4 is 28.2 Å². The number of rotatable bonds is 4. The molecule has 0 unspecified atom stereocenters. The average Bonchev–Trinajstić information content (AvgIpc) is 2.98. The minimum Gasteiger partial charge on any atom is -0.493 e. The Kier molecular flexibility index (Phi) is 3.92. The van der Waals surface area contributed by atoms with Crippen LogP contribution in [-0.2, 0) is 0 Å². The van der Waals surface area contributed by atoms with E-state index in [2.05, 4.69) is 4.98 Å². The number of methoxy groups -OCH3 is 2. The van der Waals surface area contributed by atoms with E-state index >= 15 is 0 Å². The standard InChI is InChI=1S/C17H15NO4S/c1-9-4-5-16(23-9)13-6-11(17(19)20)10-7-14(21-2)15(22-3)8-12(10)18-13/h4-8H,1-3H3,(H,19,20). The van der Waals surface area contributed by atoms with E-state index in [1.807, 2.05) is 19.1 Å². The van der Waals surface area contributed by atoms with Gasteiger partial charge in [0.25, 0.3) is 0 Å². The number of carboxylic acid groups (broad SMARTS) is 1. The second kappa shape index (κ2) is 5.89. The molecule has 3 rings (SSSR count). The summed E-state index contributed by atoms with van der Waals surface area (Å²) in [6.45, 7) is 2.00. The van der Waals surface area contributed by atoms with Crippen LogP contribution in [-0.4, -0.2) is 30.3 Å². The van der Waals surface area contributed by atoms with E-state index in [0.717, 1.165) is 9.75 Å². The molecule has 0 aliphatic carbocycles. The fraction of sp³-hybridized carbons (Fsp3) is 0.176. The fourth-order valence-corrected chi connectivity index (χ4v) is 3.26. The van der Waals surface area contributed by atoms with Crippen LogP contribution in [0.4, 0.5) is 0 Å². The Bertz CT molecular complexity index is 901. The van der Waals surface area contributed by atoms with E-state index in [4.69, 9.17) is 9.47 Å². The molecule has 0 aliphatic rings. The van der Waals surface area contributed by atoms with Crippen molar-refractivity contribution in [2.75, 3.05) is 14.2 Å². The number of carbonyl (C=O) groups is 1. The summed E-state index contributed by atoms with van der Waals surface area (Å²) in [5, 5.41) is 10.1. The summed E-state index contributed by atoms with van der Waals surface area (Å²) in [7, 11) is 3.05. The van der Waals surface area contributed by atoms with Gasteiger partial charge < -0.3 is 14.6 Å². The lowest BCUT2D eigenvalue weighted by atomic mass is 10.1.